The topological polar surface area (TPSA) is 78.2 Å². The van der Waals surface area contributed by atoms with Gasteiger partial charge >= 0.3 is 5.91 Å². The molecule has 0 saturated heterocycles. The first kappa shape index (κ1) is 13.2. The molecule has 0 aliphatic carbocycles. The number of amides is 1. The average molecular weight is 252 g/mol. The fraction of sp³-hybridized carbons (Fsp3) is 0.273. The van der Waals surface area contributed by atoms with Crippen molar-refractivity contribution in [3.05, 3.63) is 29.8 Å². The Kier molecular flexibility index (Phi) is 3.86. The molecule has 17 heavy (non-hydrogen) atoms. The third kappa shape index (κ3) is 3.57. The zero-order valence-electron chi connectivity index (χ0n) is 9.54. The molecule has 0 bridgehead atoms. The zero-order chi connectivity index (χ0) is 13.1. The maximum absolute atomic E-state index is 11.2. The van der Waals surface area contributed by atoms with Crippen LogP contribution in [0.25, 0.3) is 0 Å². The molecule has 90 valence electrons. The van der Waals surface area contributed by atoms with Crippen LogP contribution in [0.3, 0.4) is 0 Å². The Hall–Kier alpha value is -1.87. The van der Waals surface area contributed by atoms with Crippen molar-refractivity contribution >= 4 is 15.7 Å². The number of carbonyl (C=O) groups is 1. The van der Waals surface area contributed by atoms with E-state index in [1.807, 2.05) is 0 Å². The van der Waals surface area contributed by atoms with Gasteiger partial charge in [-0.15, -0.1) is 0 Å². The second-order valence-electron chi connectivity index (χ2n) is 3.69. The van der Waals surface area contributed by atoms with Gasteiger partial charge in [-0.3, -0.25) is 4.79 Å². The van der Waals surface area contributed by atoms with Crippen LogP contribution in [0.5, 0.6) is 0 Å². The van der Waals surface area contributed by atoms with Gasteiger partial charge in [0, 0.05) is 19.8 Å². The van der Waals surface area contributed by atoms with Gasteiger partial charge in [0.05, 0.1) is 4.90 Å². The normalized spacial score (nSPS) is 10.6. The number of carbonyl (C=O) groups excluding carboxylic acids is 1. The third-order valence-corrected chi connectivity index (χ3v) is 3.34. The first-order chi connectivity index (χ1) is 7.84. The van der Waals surface area contributed by atoms with Gasteiger partial charge in [0.25, 0.3) is 0 Å². The summed E-state index contributed by atoms with van der Waals surface area (Å²) in [6.45, 7) is 0.274. The Labute approximate surface area is 100 Å². The largest absolute Gasteiger partial charge is 0.329 e. The van der Waals surface area contributed by atoms with E-state index in [9.17, 15) is 13.2 Å². The smallest absolute Gasteiger partial charge is 0.325 e. The molecule has 1 aromatic rings. The Morgan fingerprint density at radius 3 is 2.29 bits per heavy atom. The molecular formula is C11H12N2O3S. The van der Waals surface area contributed by atoms with Gasteiger partial charge in [0.1, 0.15) is 0 Å². The van der Waals surface area contributed by atoms with Gasteiger partial charge in [-0.2, -0.15) is 5.26 Å². The minimum absolute atomic E-state index is 0.232. The molecule has 0 spiro atoms. The molecule has 0 aliphatic rings. The van der Waals surface area contributed by atoms with Crippen molar-refractivity contribution in [3.63, 3.8) is 0 Å². The van der Waals surface area contributed by atoms with Crippen molar-refractivity contribution in [3.8, 4) is 6.07 Å². The van der Waals surface area contributed by atoms with Crippen molar-refractivity contribution in [2.75, 3.05) is 13.3 Å². The van der Waals surface area contributed by atoms with E-state index < -0.39 is 15.7 Å². The van der Waals surface area contributed by atoms with Crippen molar-refractivity contribution in [1.29, 1.82) is 5.26 Å². The Bertz CT molecular complexity index is 555. The third-order valence-electron chi connectivity index (χ3n) is 2.21. The summed E-state index contributed by atoms with van der Waals surface area (Å²) < 4.78 is 22.4. The first-order valence-corrected chi connectivity index (χ1v) is 6.68. The number of hydrogen-bond acceptors (Lipinski definition) is 4. The molecule has 0 aromatic heterocycles. The van der Waals surface area contributed by atoms with E-state index in [1.165, 1.54) is 30.1 Å². The van der Waals surface area contributed by atoms with Crippen LogP contribution in [-0.4, -0.2) is 32.5 Å². The number of hydrogen-bond donors (Lipinski definition) is 0. The second kappa shape index (κ2) is 4.97. The van der Waals surface area contributed by atoms with E-state index >= 15 is 0 Å². The summed E-state index contributed by atoms with van der Waals surface area (Å²) in [5.41, 5.74) is 0.767. The molecule has 0 aliphatic heterocycles. The number of nitrogens with zero attached hydrogens (tertiary/aromatic N) is 2. The van der Waals surface area contributed by atoms with Crippen LogP contribution >= 0.6 is 0 Å². The molecule has 0 heterocycles. The molecule has 1 amide bonds. The zero-order valence-corrected chi connectivity index (χ0v) is 10.4. The number of sulfone groups is 1. The number of rotatable bonds is 3. The molecule has 0 saturated carbocycles. The highest BCUT2D eigenvalue weighted by Crippen LogP contribution is 2.11. The highest BCUT2D eigenvalue weighted by molar-refractivity contribution is 7.90. The Balaban J connectivity index is 2.84. The van der Waals surface area contributed by atoms with E-state index in [0.29, 0.717) is 0 Å². The maximum Gasteiger partial charge on any atom is 0.325 e. The summed E-state index contributed by atoms with van der Waals surface area (Å²) in [6.07, 6.45) is 1.13. The van der Waals surface area contributed by atoms with Crippen molar-refractivity contribution in [2.24, 2.45) is 0 Å². The van der Waals surface area contributed by atoms with Crippen LogP contribution < -0.4 is 0 Å². The summed E-state index contributed by atoms with van der Waals surface area (Å²) in [6, 6.07) is 7.72. The van der Waals surface area contributed by atoms with Crippen molar-refractivity contribution in [1.82, 2.24) is 4.90 Å². The van der Waals surface area contributed by atoms with Crippen LogP contribution in [0.15, 0.2) is 29.2 Å². The van der Waals surface area contributed by atoms with Gasteiger partial charge in [-0.1, -0.05) is 12.1 Å². The minimum Gasteiger partial charge on any atom is -0.329 e. The van der Waals surface area contributed by atoms with Gasteiger partial charge in [0.2, 0.25) is 0 Å². The SMILES string of the molecule is CN(Cc1ccc(S(C)(=O)=O)cc1)C(=O)C#N. The summed E-state index contributed by atoms with van der Waals surface area (Å²) in [5, 5.41) is 8.41. The molecule has 6 heteroatoms. The van der Waals surface area contributed by atoms with Gasteiger partial charge in [-0.25, -0.2) is 8.42 Å². The molecule has 0 radical (unpaired) electrons. The quantitative estimate of drug-likeness (QED) is 0.737. The summed E-state index contributed by atoms with van der Waals surface area (Å²) in [5.74, 6) is -0.628. The fourth-order valence-electron chi connectivity index (χ4n) is 1.27. The number of benzene rings is 1. The minimum atomic E-state index is -3.20. The molecule has 0 atom stereocenters. The lowest BCUT2D eigenvalue weighted by Gasteiger charge is -2.13. The van der Waals surface area contributed by atoms with Crippen LogP contribution in [-0.2, 0) is 21.2 Å². The summed E-state index contributed by atoms with van der Waals surface area (Å²) in [7, 11) is -1.69. The number of nitriles is 1. The summed E-state index contributed by atoms with van der Waals surface area (Å²) in [4.78, 5) is 12.5. The molecular weight excluding hydrogens is 240 g/mol. The van der Waals surface area contributed by atoms with Gasteiger partial charge in [0.15, 0.2) is 15.9 Å². The highest BCUT2D eigenvalue weighted by atomic mass is 32.2. The van der Waals surface area contributed by atoms with E-state index in [2.05, 4.69) is 0 Å². The molecule has 0 fully saturated rings. The maximum atomic E-state index is 11.2. The predicted octanol–water partition coefficient (Wildman–Crippen LogP) is 0.572. The highest BCUT2D eigenvalue weighted by Gasteiger charge is 2.09. The fourth-order valence-corrected chi connectivity index (χ4v) is 1.90. The van der Waals surface area contributed by atoms with Crippen LogP contribution in [0.2, 0.25) is 0 Å². The van der Waals surface area contributed by atoms with Crippen molar-refractivity contribution in [2.45, 2.75) is 11.4 Å². The van der Waals surface area contributed by atoms with E-state index in [0.717, 1.165) is 11.8 Å². The Morgan fingerprint density at radius 2 is 1.88 bits per heavy atom. The van der Waals surface area contributed by atoms with Gasteiger partial charge in [-0.05, 0) is 17.7 Å². The molecule has 1 aromatic carbocycles. The monoisotopic (exact) mass is 252 g/mol. The van der Waals surface area contributed by atoms with Gasteiger partial charge < -0.3 is 4.90 Å². The predicted molar refractivity (Wildman–Crippen MR) is 61.6 cm³/mol. The molecule has 5 nitrogen and oxygen atoms in total. The average Bonchev–Trinajstić information content (AvgIpc) is 2.27. The Morgan fingerprint density at radius 1 is 1.35 bits per heavy atom. The molecule has 1 rings (SSSR count). The lowest BCUT2D eigenvalue weighted by molar-refractivity contribution is -0.124. The molecule has 0 unspecified atom stereocenters. The summed E-state index contributed by atoms with van der Waals surface area (Å²) >= 11 is 0. The van der Waals surface area contributed by atoms with E-state index in [4.69, 9.17) is 5.26 Å². The lowest BCUT2D eigenvalue weighted by Crippen LogP contribution is -2.24. The van der Waals surface area contributed by atoms with E-state index in [1.54, 1.807) is 12.1 Å². The van der Waals surface area contributed by atoms with E-state index in [-0.39, 0.29) is 11.4 Å². The second-order valence-corrected chi connectivity index (χ2v) is 5.70. The van der Waals surface area contributed by atoms with Crippen LogP contribution in [0, 0.1) is 11.3 Å². The van der Waals surface area contributed by atoms with Crippen LogP contribution in [0.4, 0.5) is 0 Å². The van der Waals surface area contributed by atoms with Crippen LogP contribution in [0.1, 0.15) is 5.56 Å². The lowest BCUT2D eigenvalue weighted by atomic mass is 10.2. The molecule has 0 N–H and O–H groups in total. The first-order valence-electron chi connectivity index (χ1n) is 4.79. The van der Waals surface area contributed by atoms with Crippen molar-refractivity contribution < 1.29 is 13.2 Å². The standard InChI is InChI=1S/C11H12N2O3S/c1-13(11(14)7-12)8-9-3-5-10(6-4-9)17(2,15)16/h3-6H,8H2,1-2H3.